The summed E-state index contributed by atoms with van der Waals surface area (Å²) in [4.78, 5) is 0. The molecule has 0 N–H and O–H groups in total. The van der Waals surface area contributed by atoms with E-state index in [0.29, 0.717) is 19.8 Å². The second-order valence-electron chi connectivity index (χ2n) is 3.62. The molecule has 0 aliphatic carbocycles. The van der Waals surface area contributed by atoms with Crippen molar-refractivity contribution >= 4 is 6.08 Å². The van der Waals surface area contributed by atoms with Gasteiger partial charge in [0.1, 0.15) is 12.4 Å². The fraction of sp³-hybridized carbons (Fsp3) is 0.333. The second-order valence-corrected chi connectivity index (χ2v) is 3.62. The van der Waals surface area contributed by atoms with Crippen molar-refractivity contribution in [2.24, 2.45) is 0 Å². The summed E-state index contributed by atoms with van der Waals surface area (Å²) in [6, 6.07) is 7.97. The van der Waals surface area contributed by atoms with Crippen LogP contribution in [0.25, 0.3) is 6.08 Å². The van der Waals surface area contributed by atoms with Gasteiger partial charge in [0.25, 0.3) is 0 Å². The molecule has 3 nitrogen and oxygen atoms in total. The highest BCUT2D eigenvalue weighted by Gasteiger charge is 2.23. The van der Waals surface area contributed by atoms with E-state index in [2.05, 4.69) is 6.08 Å². The van der Waals surface area contributed by atoms with Crippen LogP contribution in [0.4, 0.5) is 0 Å². The van der Waals surface area contributed by atoms with Crippen LogP contribution in [0.15, 0.2) is 29.8 Å². The third-order valence-electron chi connectivity index (χ3n) is 2.58. The molecule has 3 rings (SSSR count). The van der Waals surface area contributed by atoms with Crippen molar-refractivity contribution in [3.63, 3.8) is 0 Å². The van der Waals surface area contributed by atoms with Crippen molar-refractivity contribution in [1.82, 2.24) is 0 Å². The Kier molecular flexibility index (Phi) is 2.19. The number of ether oxygens (including phenoxy) is 3. The standard InChI is InChI=1S/C12H12O3/c1-2-4-11-9(3-1)7-10(8-15-11)12-13-5-6-14-12/h1-4,7,12H,5-6,8H2. The first-order chi connectivity index (χ1) is 7.43. The number of hydrogen-bond acceptors (Lipinski definition) is 3. The highest BCUT2D eigenvalue weighted by atomic mass is 16.7. The first kappa shape index (κ1) is 8.95. The predicted octanol–water partition coefficient (Wildman–Crippen LogP) is 1.84. The van der Waals surface area contributed by atoms with E-state index in [1.165, 1.54) is 0 Å². The Morgan fingerprint density at radius 1 is 1.07 bits per heavy atom. The van der Waals surface area contributed by atoms with E-state index >= 15 is 0 Å². The molecule has 0 spiro atoms. The number of hydrogen-bond donors (Lipinski definition) is 0. The average molecular weight is 204 g/mol. The van der Waals surface area contributed by atoms with Crippen LogP contribution >= 0.6 is 0 Å². The number of benzene rings is 1. The van der Waals surface area contributed by atoms with Gasteiger partial charge in [-0.05, 0) is 12.1 Å². The van der Waals surface area contributed by atoms with Crippen molar-refractivity contribution in [2.75, 3.05) is 19.8 Å². The van der Waals surface area contributed by atoms with Crippen molar-refractivity contribution < 1.29 is 14.2 Å². The zero-order chi connectivity index (χ0) is 10.1. The molecule has 15 heavy (non-hydrogen) atoms. The molecule has 1 fully saturated rings. The molecule has 2 aliphatic rings. The van der Waals surface area contributed by atoms with Crippen LogP contribution in [-0.4, -0.2) is 26.1 Å². The minimum absolute atomic E-state index is 0.210. The van der Waals surface area contributed by atoms with Gasteiger partial charge in [-0.3, -0.25) is 0 Å². The minimum Gasteiger partial charge on any atom is -0.488 e. The lowest BCUT2D eigenvalue weighted by Crippen LogP contribution is -2.19. The molecule has 78 valence electrons. The van der Waals surface area contributed by atoms with Gasteiger partial charge in [0.2, 0.25) is 0 Å². The summed E-state index contributed by atoms with van der Waals surface area (Å²) in [5.41, 5.74) is 2.16. The smallest absolute Gasteiger partial charge is 0.183 e. The van der Waals surface area contributed by atoms with Gasteiger partial charge in [-0.2, -0.15) is 0 Å². The van der Waals surface area contributed by atoms with E-state index in [0.717, 1.165) is 16.9 Å². The summed E-state index contributed by atoms with van der Waals surface area (Å²) < 4.78 is 16.5. The van der Waals surface area contributed by atoms with Crippen LogP contribution in [-0.2, 0) is 9.47 Å². The molecule has 3 heteroatoms. The molecule has 0 atom stereocenters. The summed E-state index contributed by atoms with van der Waals surface area (Å²) in [5.74, 6) is 0.930. The van der Waals surface area contributed by atoms with Gasteiger partial charge >= 0.3 is 0 Å². The summed E-state index contributed by atoms with van der Waals surface area (Å²) in [6.07, 6.45) is 1.88. The van der Waals surface area contributed by atoms with E-state index < -0.39 is 0 Å². The number of fused-ring (bicyclic) bond motifs is 1. The molecule has 1 aromatic carbocycles. The van der Waals surface area contributed by atoms with E-state index in [1.54, 1.807) is 0 Å². The highest BCUT2D eigenvalue weighted by Crippen LogP contribution is 2.28. The molecular formula is C12H12O3. The molecule has 0 aromatic heterocycles. The second kappa shape index (κ2) is 3.68. The average Bonchev–Trinajstić information content (AvgIpc) is 2.82. The zero-order valence-corrected chi connectivity index (χ0v) is 8.31. The predicted molar refractivity (Wildman–Crippen MR) is 55.6 cm³/mol. The van der Waals surface area contributed by atoms with Crippen molar-refractivity contribution in [3.05, 3.63) is 35.4 Å². The third kappa shape index (κ3) is 1.64. The van der Waals surface area contributed by atoms with E-state index in [4.69, 9.17) is 14.2 Å². The minimum atomic E-state index is -0.210. The third-order valence-corrected chi connectivity index (χ3v) is 2.58. The summed E-state index contributed by atoms with van der Waals surface area (Å²) in [7, 11) is 0. The highest BCUT2D eigenvalue weighted by molar-refractivity contribution is 5.62. The molecule has 1 aromatic rings. The van der Waals surface area contributed by atoms with Gasteiger partial charge in [0, 0.05) is 11.1 Å². The molecule has 2 aliphatic heterocycles. The molecule has 0 bridgehead atoms. The van der Waals surface area contributed by atoms with Crippen molar-refractivity contribution in [3.8, 4) is 5.75 Å². The summed E-state index contributed by atoms with van der Waals surface area (Å²) >= 11 is 0. The van der Waals surface area contributed by atoms with Gasteiger partial charge < -0.3 is 14.2 Å². The Morgan fingerprint density at radius 2 is 1.87 bits per heavy atom. The maximum Gasteiger partial charge on any atom is 0.183 e. The van der Waals surface area contributed by atoms with Gasteiger partial charge in [-0.15, -0.1) is 0 Å². The Hall–Kier alpha value is -1.32. The lowest BCUT2D eigenvalue weighted by Gasteiger charge is -2.20. The van der Waals surface area contributed by atoms with Gasteiger partial charge in [0.15, 0.2) is 6.29 Å². The summed E-state index contributed by atoms with van der Waals surface area (Å²) in [5, 5.41) is 0. The monoisotopic (exact) mass is 204 g/mol. The molecule has 0 radical (unpaired) electrons. The number of para-hydroxylation sites is 1. The normalized spacial score (nSPS) is 20.7. The Morgan fingerprint density at radius 3 is 2.73 bits per heavy atom. The topological polar surface area (TPSA) is 27.7 Å². The Balaban J connectivity index is 1.91. The molecule has 0 unspecified atom stereocenters. The first-order valence-electron chi connectivity index (χ1n) is 5.09. The quantitative estimate of drug-likeness (QED) is 0.698. The molecule has 2 heterocycles. The van der Waals surface area contributed by atoms with Gasteiger partial charge in [-0.1, -0.05) is 18.2 Å². The lowest BCUT2D eigenvalue weighted by molar-refractivity contribution is -0.0163. The van der Waals surface area contributed by atoms with Crippen LogP contribution in [0, 0.1) is 0 Å². The Bertz CT molecular complexity index is 392. The molecular weight excluding hydrogens is 192 g/mol. The van der Waals surface area contributed by atoms with E-state index in [1.807, 2.05) is 24.3 Å². The first-order valence-corrected chi connectivity index (χ1v) is 5.09. The fourth-order valence-electron chi connectivity index (χ4n) is 1.84. The van der Waals surface area contributed by atoms with Crippen molar-refractivity contribution in [1.29, 1.82) is 0 Å². The van der Waals surface area contributed by atoms with Gasteiger partial charge in [-0.25, -0.2) is 0 Å². The largest absolute Gasteiger partial charge is 0.488 e. The zero-order valence-electron chi connectivity index (χ0n) is 8.31. The van der Waals surface area contributed by atoms with Crippen molar-refractivity contribution in [2.45, 2.75) is 6.29 Å². The van der Waals surface area contributed by atoms with E-state index in [9.17, 15) is 0 Å². The van der Waals surface area contributed by atoms with Crippen LogP contribution < -0.4 is 4.74 Å². The SMILES string of the molecule is C1=C(C2OCCO2)COc2ccccc21. The fourth-order valence-corrected chi connectivity index (χ4v) is 1.84. The maximum atomic E-state index is 5.62. The molecule has 0 amide bonds. The molecule has 1 saturated heterocycles. The maximum absolute atomic E-state index is 5.62. The summed E-state index contributed by atoms with van der Waals surface area (Å²) in [6.45, 7) is 1.90. The van der Waals surface area contributed by atoms with Crippen LogP contribution in [0.1, 0.15) is 5.56 Å². The van der Waals surface area contributed by atoms with Crippen LogP contribution in [0.5, 0.6) is 5.75 Å². The van der Waals surface area contributed by atoms with Crippen LogP contribution in [0.3, 0.4) is 0 Å². The molecule has 0 saturated carbocycles. The lowest BCUT2D eigenvalue weighted by atomic mass is 10.1. The Labute approximate surface area is 88.3 Å². The number of rotatable bonds is 1. The van der Waals surface area contributed by atoms with Gasteiger partial charge in [0.05, 0.1) is 13.2 Å². The van der Waals surface area contributed by atoms with E-state index in [-0.39, 0.29) is 6.29 Å². The van der Waals surface area contributed by atoms with Crippen LogP contribution in [0.2, 0.25) is 0 Å².